The summed E-state index contributed by atoms with van der Waals surface area (Å²) >= 11 is 1.65. The second kappa shape index (κ2) is 7.84. The van der Waals surface area contributed by atoms with E-state index in [0.29, 0.717) is 0 Å². The smallest absolute Gasteiger partial charge is 0.221 e. The summed E-state index contributed by atoms with van der Waals surface area (Å²) in [5, 5.41) is 8.25. The molecule has 2 aromatic rings. The minimum Gasteiger partial charge on any atom is -0.380 e. The maximum absolute atomic E-state index is 11.1. The van der Waals surface area contributed by atoms with E-state index in [0.717, 1.165) is 29.2 Å². The number of amides is 1. The Hall–Kier alpha value is -1.81. The van der Waals surface area contributed by atoms with E-state index in [2.05, 4.69) is 41.8 Å². The van der Waals surface area contributed by atoms with Crippen LogP contribution in [0.3, 0.4) is 0 Å². The molecule has 3 nitrogen and oxygen atoms in total. The summed E-state index contributed by atoms with van der Waals surface area (Å²) in [6, 6.07) is 10.5. The molecule has 0 saturated heterocycles. The lowest BCUT2D eigenvalue weighted by Crippen LogP contribution is -2.08. The average Bonchev–Trinajstić information content (AvgIpc) is 2.90. The molecule has 4 heteroatoms. The lowest BCUT2D eigenvalue weighted by atomic mass is 10.1. The summed E-state index contributed by atoms with van der Waals surface area (Å²) in [6.07, 6.45) is 3.61. The van der Waals surface area contributed by atoms with Crippen LogP contribution in [0.25, 0.3) is 0 Å². The molecule has 0 fully saturated rings. The highest BCUT2D eigenvalue weighted by Crippen LogP contribution is 2.23. The number of hydrogen-bond acceptors (Lipinski definition) is 3. The highest BCUT2D eigenvalue weighted by atomic mass is 32.1. The molecule has 1 amide bonds. The molecule has 0 aliphatic carbocycles. The number of carbonyl (C=O) groups excluding carboxylic acids is 1. The van der Waals surface area contributed by atoms with E-state index in [-0.39, 0.29) is 5.91 Å². The van der Waals surface area contributed by atoms with E-state index >= 15 is 0 Å². The van der Waals surface area contributed by atoms with Gasteiger partial charge in [0.15, 0.2) is 0 Å². The fourth-order valence-electron chi connectivity index (χ4n) is 2.13. The van der Waals surface area contributed by atoms with Crippen LogP contribution in [0.1, 0.15) is 37.1 Å². The molecule has 0 spiro atoms. The van der Waals surface area contributed by atoms with Crippen molar-refractivity contribution in [2.45, 2.75) is 39.7 Å². The third kappa shape index (κ3) is 4.90. The molecule has 0 bridgehead atoms. The van der Waals surface area contributed by atoms with Crippen LogP contribution in [-0.2, 0) is 17.8 Å². The van der Waals surface area contributed by atoms with Gasteiger partial charge in [0.2, 0.25) is 5.91 Å². The van der Waals surface area contributed by atoms with Crippen molar-refractivity contribution < 1.29 is 4.79 Å². The Balaban J connectivity index is 1.91. The Kier molecular flexibility index (Phi) is 5.81. The first kappa shape index (κ1) is 15.6. The Morgan fingerprint density at radius 2 is 1.95 bits per heavy atom. The number of unbranched alkanes of at least 4 members (excludes halogenated alkanes) is 1. The van der Waals surface area contributed by atoms with Crippen molar-refractivity contribution >= 4 is 28.6 Å². The van der Waals surface area contributed by atoms with Gasteiger partial charge in [-0.15, -0.1) is 11.3 Å². The van der Waals surface area contributed by atoms with Gasteiger partial charge in [-0.25, -0.2) is 0 Å². The molecule has 0 radical (unpaired) electrons. The van der Waals surface area contributed by atoms with Crippen molar-refractivity contribution in [3.8, 4) is 0 Å². The van der Waals surface area contributed by atoms with Gasteiger partial charge < -0.3 is 10.6 Å². The first-order chi connectivity index (χ1) is 10.2. The van der Waals surface area contributed by atoms with Crippen molar-refractivity contribution in [2.24, 2.45) is 0 Å². The number of benzene rings is 1. The molecule has 2 N–H and O–H groups in total. The van der Waals surface area contributed by atoms with Crippen LogP contribution in [0.15, 0.2) is 35.7 Å². The lowest BCUT2D eigenvalue weighted by Gasteiger charge is -2.08. The SMILES string of the molecule is CCCCc1ccc(NCc2sccc2NC(C)=O)cc1. The van der Waals surface area contributed by atoms with E-state index in [1.165, 1.54) is 25.3 Å². The van der Waals surface area contributed by atoms with Gasteiger partial charge in [-0.1, -0.05) is 25.5 Å². The van der Waals surface area contributed by atoms with Crippen LogP contribution in [0.2, 0.25) is 0 Å². The van der Waals surface area contributed by atoms with Crippen LogP contribution < -0.4 is 10.6 Å². The normalized spacial score (nSPS) is 10.4. The molecule has 0 unspecified atom stereocenters. The van der Waals surface area contributed by atoms with E-state index in [9.17, 15) is 4.79 Å². The zero-order valence-electron chi connectivity index (χ0n) is 12.6. The van der Waals surface area contributed by atoms with Crippen LogP contribution in [0, 0.1) is 0 Å². The molecule has 21 heavy (non-hydrogen) atoms. The predicted octanol–water partition coefficient (Wildman–Crippen LogP) is 4.66. The first-order valence-electron chi connectivity index (χ1n) is 7.36. The van der Waals surface area contributed by atoms with E-state index in [4.69, 9.17) is 0 Å². The summed E-state index contributed by atoms with van der Waals surface area (Å²) in [7, 11) is 0. The Labute approximate surface area is 130 Å². The summed E-state index contributed by atoms with van der Waals surface area (Å²) in [5.74, 6) is -0.0325. The molecule has 0 aliphatic heterocycles. The largest absolute Gasteiger partial charge is 0.380 e. The van der Waals surface area contributed by atoms with Gasteiger partial charge >= 0.3 is 0 Å². The Morgan fingerprint density at radius 1 is 1.19 bits per heavy atom. The van der Waals surface area contributed by atoms with Gasteiger partial charge in [-0.3, -0.25) is 4.79 Å². The van der Waals surface area contributed by atoms with Crippen LogP contribution in [-0.4, -0.2) is 5.91 Å². The van der Waals surface area contributed by atoms with Crippen molar-refractivity contribution in [3.05, 3.63) is 46.2 Å². The summed E-state index contributed by atoms with van der Waals surface area (Å²) in [6.45, 7) is 4.47. The van der Waals surface area contributed by atoms with Crippen molar-refractivity contribution in [3.63, 3.8) is 0 Å². The zero-order chi connectivity index (χ0) is 15.1. The minimum absolute atomic E-state index is 0.0325. The third-order valence-corrected chi connectivity index (χ3v) is 4.20. The number of carbonyl (C=O) groups is 1. The van der Waals surface area contributed by atoms with Crippen LogP contribution in [0.5, 0.6) is 0 Å². The highest BCUT2D eigenvalue weighted by molar-refractivity contribution is 7.10. The number of rotatable bonds is 7. The maximum atomic E-state index is 11.1. The number of aryl methyl sites for hydroxylation is 1. The molecule has 0 atom stereocenters. The first-order valence-corrected chi connectivity index (χ1v) is 8.23. The molecule has 0 saturated carbocycles. The molecule has 1 aromatic carbocycles. The Morgan fingerprint density at radius 3 is 2.62 bits per heavy atom. The predicted molar refractivity (Wildman–Crippen MR) is 91.0 cm³/mol. The fraction of sp³-hybridized carbons (Fsp3) is 0.353. The van der Waals surface area contributed by atoms with Gasteiger partial charge in [0.25, 0.3) is 0 Å². The van der Waals surface area contributed by atoms with Gasteiger partial charge in [0.1, 0.15) is 0 Å². The van der Waals surface area contributed by atoms with Gasteiger partial charge in [0.05, 0.1) is 12.2 Å². The average molecular weight is 302 g/mol. The number of anilines is 2. The molecule has 2 rings (SSSR count). The van der Waals surface area contributed by atoms with E-state index < -0.39 is 0 Å². The van der Waals surface area contributed by atoms with E-state index in [1.54, 1.807) is 11.3 Å². The van der Waals surface area contributed by atoms with E-state index in [1.807, 2.05) is 11.4 Å². The second-order valence-corrected chi connectivity index (χ2v) is 6.09. The molecular weight excluding hydrogens is 280 g/mol. The van der Waals surface area contributed by atoms with Crippen molar-refractivity contribution in [2.75, 3.05) is 10.6 Å². The second-order valence-electron chi connectivity index (χ2n) is 5.09. The maximum Gasteiger partial charge on any atom is 0.221 e. The minimum atomic E-state index is -0.0325. The van der Waals surface area contributed by atoms with Crippen LogP contribution >= 0.6 is 11.3 Å². The summed E-state index contributed by atoms with van der Waals surface area (Å²) in [5.41, 5.74) is 3.40. The Bertz CT molecular complexity index is 575. The van der Waals surface area contributed by atoms with Crippen molar-refractivity contribution in [1.82, 2.24) is 0 Å². The fourth-order valence-corrected chi connectivity index (χ4v) is 2.90. The number of hydrogen-bond donors (Lipinski definition) is 2. The summed E-state index contributed by atoms with van der Waals surface area (Å²) < 4.78 is 0. The molecule has 0 aliphatic rings. The monoisotopic (exact) mass is 302 g/mol. The van der Waals surface area contributed by atoms with Gasteiger partial charge in [0, 0.05) is 17.5 Å². The van der Waals surface area contributed by atoms with Gasteiger partial charge in [-0.2, -0.15) is 0 Å². The molecule has 1 heterocycles. The quantitative estimate of drug-likeness (QED) is 0.781. The topological polar surface area (TPSA) is 41.1 Å². The zero-order valence-corrected chi connectivity index (χ0v) is 13.4. The summed E-state index contributed by atoms with van der Waals surface area (Å²) in [4.78, 5) is 12.3. The molecule has 112 valence electrons. The number of thiophene rings is 1. The molecular formula is C17H22N2OS. The van der Waals surface area contributed by atoms with Crippen LogP contribution in [0.4, 0.5) is 11.4 Å². The lowest BCUT2D eigenvalue weighted by molar-refractivity contribution is -0.114. The molecule has 1 aromatic heterocycles. The third-order valence-electron chi connectivity index (χ3n) is 3.28. The number of nitrogens with one attached hydrogen (secondary N) is 2. The van der Waals surface area contributed by atoms with Gasteiger partial charge in [-0.05, 0) is 42.0 Å². The highest BCUT2D eigenvalue weighted by Gasteiger charge is 2.05. The van der Waals surface area contributed by atoms with Crippen molar-refractivity contribution in [1.29, 1.82) is 0 Å². The standard InChI is InChI=1S/C17H22N2OS/c1-3-4-5-14-6-8-15(9-7-14)18-12-17-16(10-11-21-17)19-13(2)20/h6-11,18H,3-5,12H2,1-2H3,(H,19,20).